The number of carbonyl (C=O) groups is 1. The summed E-state index contributed by atoms with van der Waals surface area (Å²) in [6.45, 7) is 0. The quantitative estimate of drug-likeness (QED) is 0.323. The molecule has 0 bridgehead atoms. The molecule has 0 aromatic heterocycles. The lowest BCUT2D eigenvalue weighted by molar-refractivity contribution is -1.92. The van der Waals surface area contributed by atoms with Gasteiger partial charge in [0.2, 0.25) is 0 Å². The van der Waals surface area contributed by atoms with Gasteiger partial charge in [0.25, 0.3) is 0 Å². The molecule has 7 nitrogen and oxygen atoms in total. The summed E-state index contributed by atoms with van der Waals surface area (Å²) in [4.78, 5) is 9.00. The van der Waals surface area contributed by atoms with Crippen molar-refractivity contribution in [1.29, 1.82) is 0 Å². The van der Waals surface area contributed by atoms with Crippen molar-refractivity contribution in [3.8, 4) is 0 Å². The van der Waals surface area contributed by atoms with Crippen LogP contribution in [0.1, 0.15) is 0 Å². The number of primary amides is 2. The molecule has 0 aromatic rings. The van der Waals surface area contributed by atoms with Gasteiger partial charge in [-0.25, -0.2) is 4.79 Å². The summed E-state index contributed by atoms with van der Waals surface area (Å²) < 4.78 is 32.7. The van der Waals surface area contributed by atoms with Gasteiger partial charge >= 0.3 is 6.03 Å². The fraction of sp³-hybridized carbons (Fsp3) is 0. The molecule has 0 fully saturated rings. The number of amides is 2. The van der Waals surface area contributed by atoms with Crippen molar-refractivity contribution in [2.45, 2.75) is 0 Å². The molecule has 0 unspecified atom stereocenters. The van der Waals surface area contributed by atoms with E-state index in [2.05, 4.69) is 11.5 Å². The Morgan fingerprint density at radius 1 is 1.33 bits per heavy atom. The third-order valence-electron chi connectivity index (χ3n) is 0. The number of urea groups is 1. The summed E-state index contributed by atoms with van der Waals surface area (Å²) in [6.07, 6.45) is 0. The van der Waals surface area contributed by atoms with E-state index in [1.807, 2.05) is 0 Å². The second kappa shape index (κ2) is 4.30. The highest BCUT2D eigenvalue weighted by atomic mass is 35.7. The molecule has 0 spiro atoms. The zero-order valence-corrected chi connectivity index (χ0v) is 4.87. The summed E-state index contributed by atoms with van der Waals surface area (Å²) in [7, 11) is -4.69. The van der Waals surface area contributed by atoms with Gasteiger partial charge in [-0.15, -0.1) is 0 Å². The second-order valence-corrected chi connectivity index (χ2v) is 1.59. The number of hydrogen-bond donors (Lipinski definition) is 3. The fourth-order valence-electron chi connectivity index (χ4n) is 0. The van der Waals surface area contributed by atoms with Crippen LogP contribution in [0.25, 0.3) is 0 Å². The average Bonchev–Trinajstić information content (AvgIpc) is 1.19. The number of rotatable bonds is 0. The SMILES string of the molecule is NC(N)=O.[O-][Cl+3]([O-])([O-])O. The zero-order chi connectivity index (χ0) is 8.08. The van der Waals surface area contributed by atoms with E-state index < -0.39 is 16.3 Å². The van der Waals surface area contributed by atoms with E-state index in [1.54, 1.807) is 0 Å². The Balaban J connectivity index is 0. The van der Waals surface area contributed by atoms with Crippen LogP contribution in [0.15, 0.2) is 0 Å². The Morgan fingerprint density at radius 2 is 1.33 bits per heavy atom. The van der Waals surface area contributed by atoms with Crippen LogP contribution in [0.4, 0.5) is 4.79 Å². The lowest BCUT2D eigenvalue weighted by Gasteiger charge is -2.03. The van der Waals surface area contributed by atoms with Crippen LogP contribution in [-0.4, -0.2) is 10.7 Å². The highest BCUT2D eigenvalue weighted by Crippen LogP contribution is 1.60. The smallest absolute Gasteiger partial charge is 0.309 e. The molecule has 0 heterocycles. The predicted octanol–water partition coefficient (Wildman–Crippen LogP) is -5.10. The van der Waals surface area contributed by atoms with E-state index in [1.165, 1.54) is 0 Å². The zero-order valence-electron chi connectivity index (χ0n) is 4.11. The van der Waals surface area contributed by atoms with E-state index in [-0.39, 0.29) is 0 Å². The van der Waals surface area contributed by atoms with E-state index in [9.17, 15) is 0 Å². The average molecular weight is 161 g/mol. The van der Waals surface area contributed by atoms with E-state index in [4.69, 9.17) is 23.4 Å². The van der Waals surface area contributed by atoms with Crippen LogP contribution in [0.3, 0.4) is 0 Å². The van der Waals surface area contributed by atoms with Crippen LogP contribution in [0.5, 0.6) is 0 Å². The molecule has 0 aromatic carbocycles. The Kier molecular flexibility index (Phi) is 5.36. The standard InChI is InChI=1S/CH4N2O.ClHO4/c2-1(3)4;2-1(3,4)5/h(H4,2,3,4);(H,2,3,4,5). The topological polar surface area (TPSA) is 159 Å². The highest BCUT2D eigenvalue weighted by molar-refractivity contribution is 5.69. The first-order valence-electron chi connectivity index (χ1n) is 1.41. The lowest BCUT2D eigenvalue weighted by Crippen LogP contribution is -2.58. The van der Waals surface area contributed by atoms with Gasteiger partial charge < -0.3 is 11.5 Å². The van der Waals surface area contributed by atoms with E-state index >= 15 is 0 Å². The molecule has 5 N–H and O–H groups in total. The van der Waals surface area contributed by atoms with Crippen molar-refractivity contribution >= 4 is 6.03 Å². The number of halogens is 1. The summed E-state index contributed by atoms with van der Waals surface area (Å²) in [6, 6.07) is -0.833. The van der Waals surface area contributed by atoms with Crippen LogP contribution >= 0.6 is 0 Å². The molecule has 8 heteroatoms. The summed E-state index contributed by atoms with van der Waals surface area (Å²) in [5.41, 5.74) is 8.50. The van der Waals surface area contributed by atoms with Crippen LogP contribution < -0.4 is 25.4 Å². The van der Waals surface area contributed by atoms with Gasteiger partial charge in [0.05, 0.1) is 14.9 Å². The van der Waals surface area contributed by atoms with Crippen molar-refractivity contribution in [2.75, 3.05) is 0 Å². The lowest BCUT2D eigenvalue weighted by atomic mass is 11.2. The Hall–Kier alpha value is -0.600. The van der Waals surface area contributed by atoms with Crippen molar-refractivity contribution in [1.82, 2.24) is 0 Å². The third kappa shape index (κ3) is 599. The first-order valence-corrected chi connectivity index (χ1v) is 2.68. The maximum atomic E-state index is 9.00. The molecule has 0 radical (unpaired) electrons. The molecule has 0 aliphatic carbocycles. The maximum Gasteiger partial charge on any atom is 0.309 e. The van der Waals surface area contributed by atoms with Crippen LogP contribution in [0, 0.1) is 10.2 Å². The van der Waals surface area contributed by atoms with Crippen LogP contribution in [0.2, 0.25) is 0 Å². The predicted molar refractivity (Wildman–Crippen MR) is 16.0 cm³/mol. The first kappa shape index (κ1) is 11.2. The number of nitrogens with two attached hydrogens (primary N) is 2. The first-order chi connectivity index (χ1) is 3.73. The minimum absolute atomic E-state index is 0.833. The second-order valence-electron chi connectivity index (χ2n) is 0.798. The fourth-order valence-corrected chi connectivity index (χ4v) is 0. The Bertz CT molecular complexity index is 77.4. The van der Waals surface area contributed by atoms with Gasteiger partial charge in [-0.05, 0) is 0 Å². The van der Waals surface area contributed by atoms with Crippen molar-refractivity contribution in [3.05, 3.63) is 0 Å². The minimum atomic E-state index is -4.69. The molecular weight excluding hydrogens is 155 g/mol. The van der Waals surface area contributed by atoms with Gasteiger partial charge in [-0.3, -0.25) is 0 Å². The molecule has 0 aliphatic heterocycles. The molecule has 0 saturated carbocycles. The Morgan fingerprint density at radius 3 is 1.33 bits per heavy atom. The maximum absolute atomic E-state index is 9.00. The van der Waals surface area contributed by atoms with Gasteiger partial charge in [0.1, 0.15) is 0 Å². The molecule has 9 heavy (non-hydrogen) atoms. The van der Waals surface area contributed by atoms with E-state index in [0.29, 0.717) is 0 Å². The van der Waals surface area contributed by atoms with Gasteiger partial charge in [0, 0.05) is 0 Å². The van der Waals surface area contributed by atoms with Crippen molar-refractivity contribution in [2.24, 2.45) is 11.5 Å². The van der Waals surface area contributed by atoms with E-state index in [0.717, 1.165) is 0 Å². The number of carbonyl (C=O) groups excluding carboxylic acids is 1. The van der Waals surface area contributed by atoms with Gasteiger partial charge in [-0.2, -0.15) is 14.0 Å². The summed E-state index contributed by atoms with van der Waals surface area (Å²) >= 11 is 0. The van der Waals surface area contributed by atoms with Crippen molar-refractivity contribution in [3.63, 3.8) is 0 Å². The molecule has 0 saturated heterocycles. The molecule has 2 amide bonds. The monoisotopic (exact) mass is 160 g/mol. The number of hydrogen-bond acceptors (Lipinski definition) is 5. The highest BCUT2D eigenvalue weighted by Gasteiger charge is 1.98. The molecule has 0 atom stereocenters. The molecule has 0 aliphatic rings. The Labute approximate surface area is 52.2 Å². The summed E-state index contributed by atoms with van der Waals surface area (Å²) in [5, 5.41) is 0. The molecule has 0 rings (SSSR count). The van der Waals surface area contributed by atoms with Gasteiger partial charge in [-0.1, -0.05) is 0 Å². The van der Waals surface area contributed by atoms with Gasteiger partial charge in [0.15, 0.2) is 0 Å². The normalized spacial score (nSPS) is 9.33. The molecule has 56 valence electrons. The molecular formula is CH5ClN2O5. The van der Waals surface area contributed by atoms with Crippen molar-refractivity contribution < 1.29 is 33.7 Å². The third-order valence-corrected chi connectivity index (χ3v) is 0. The van der Waals surface area contributed by atoms with Crippen LogP contribution in [-0.2, 0) is 0 Å². The summed E-state index contributed by atoms with van der Waals surface area (Å²) in [5.74, 6) is 0. The largest absolute Gasteiger partial charge is 0.352 e. The minimum Gasteiger partial charge on any atom is -0.352 e.